The van der Waals surface area contributed by atoms with Gasteiger partial charge in [-0.25, -0.2) is 0 Å². The Morgan fingerprint density at radius 1 is 1.33 bits per heavy atom. The van der Waals surface area contributed by atoms with Crippen molar-refractivity contribution in [2.75, 3.05) is 23.9 Å². The van der Waals surface area contributed by atoms with Crippen molar-refractivity contribution >= 4 is 22.4 Å². The maximum absolute atomic E-state index is 11.9. The Morgan fingerprint density at radius 2 is 1.94 bits per heavy atom. The zero-order valence-corrected chi connectivity index (χ0v) is 11.8. The van der Waals surface area contributed by atoms with E-state index in [1.54, 1.807) is 18.4 Å². The van der Waals surface area contributed by atoms with E-state index in [0.29, 0.717) is 11.3 Å². The van der Waals surface area contributed by atoms with Crippen LogP contribution in [0, 0.1) is 0 Å². The maximum atomic E-state index is 11.9. The molecule has 1 rings (SSSR count). The molecule has 1 amide bonds. The molecule has 0 aromatic heterocycles. The Morgan fingerprint density at radius 3 is 2.44 bits per heavy atom. The number of benzene rings is 1. The van der Waals surface area contributed by atoms with Crippen LogP contribution in [-0.2, 0) is 10.8 Å². The van der Waals surface area contributed by atoms with E-state index in [1.165, 1.54) is 0 Å². The van der Waals surface area contributed by atoms with Gasteiger partial charge in [-0.3, -0.25) is 9.00 Å². The maximum Gasteiger partial charge on any atom is 0.251 e. The monoisotopic (exact) mass is 268 g/mol. The van der Waals surface area contributed by atoms with Gasteiger partial charge in [0.1, 0.15) is 0 Å². The zero-order chi connectivity index (χ0) is 13.5. The molecule has 2 unspecified atom stereocenters. The van der Waals surface area contributed by atoms with Crippen LogP contribution in [-0.4, -0.2) is 34.7 Å². The van der Waals surface area contributed by atoms with Crippen molar-refractivity contribution in [3.05, 3.63) is 29.8 Å². The third-order valence-corrected chi connectivity index (χ3v) is 3.36. The van der Waals surface area contributed by atoms with Crippen molar-refractivity contribution in [3.8, 4) is 0 Å². The van der Waals surface area contributed by atoms with E-state index < -0.39 is 10.8 Å². The zero-order valence-electron chi connectivity index (χ0n) is 11.0. The molecule has 1 aromatic carbocycles. The minimum atomic E-state index is -0.900. The molecule has 0 aliphatic carbocycles. The second-order valence-corrected chi connectivity index (χ2v) is 5.70. The molecule has 0 saturated heterocycles. The van der Waals surface area contributed by atoms with Crippen LogP contribution in [0.25, 0.3) is 0 Å². The molecule has 0 fully saturated rings. The molecule has 100 valence electrons. The molecule has 18 heavy (non-hydrogen) atoms. The standard InChI is InChI=1S/C13H20N2O2S/c1-4-14-12-7-5-11(6-8-12)13(16)15-10(2)9-18(3)17/h5-8,10,14H,4,9H2,1-3H3,(H,15,16). The SMILES string of the molecule is CCNc1ccc(C(=O)NC(C)CS(C)=O)cc1. The fourth-order valence-electron chi connectivity index (χ4n) is 1.64. The summed E-state index contributed by atoms with van der Waals surface area (Å²) in [6, 6.07) is 7.23. The highest BCUT2D eigenvalue weighted by atomic mass is 32.2. The van der Waals surface area contributed by atoms with Gasteiger partial charge in [0.05, 0.1) is 0 Å². The van der Waals surface area contributed by atoms with Gasteiger partial charge in [0.25, 0.3) is 5.91 Å². The van der Waals surface area contributed by atoms with Crippen LogP contribution in [0.5, 0.6) is 0 Å². The third-order valence-electron chi connectivity index (χ3n) is 2.39. The van der Waals surface area contributed by atoms with Crippen LogP contribution in [0.2, 0.25) is 0 Å². The lowest BCUT2D eigenvalue weighted by molar-refractivity contribution is 0.0943. The van der Waals surface area contributed by atoms with Gasteiger partial charge in [-0.15, -0.1) is 0 Å². The lowest BCUT2D eigenvalue weighted by atomic mass is 10.2. The minimum Gasteiger partial charge on any atom is -0.385 e. The summed E-state index contributed by atoms with van der Waals surface area (Å²) in [6.07, 6.45) is 1.63. The second-order valence-electron chi connectivity index (χ2n) is 4.22. The predicted molar refractivity (Wildman–Crippen MR) is 76.5 cm³/mol. The van der Waals surface area contributed by atoms with E-state index in [-0.39, 0.29) is 11.9 Å². The largest absolute Gasteiger partial charge is 0.385 e. The highest BCUT2D eigenvalue weighted by Crippen LogP contribution is 2.09. The van der Waals surface area contributed by atoms with E-state index in [2.05, 4.69) is 10.6 Å². The van der Waals surface area contributed by atoms with E-state index in [1.807, 2.05) is 26.0 Å². The number of hydrogen-bond donors (Lipinski definition) is 2. The highest BCUT2D eigenvalue weighted by molar-refractivity contribution is 7.84. The van der Waals surface area contributed by atoms with Crippen molar-refractivity contribution in [2.24, 2.45) is 0 Å². The number of amides is 1. The van der Waals surface area contributed by atoms with Gasteiger partial charge in [-0.2, -0.15) is 0 Å². The van der Waals surface area contributed by atoms with Crippen molar-refractivity contribution < 1.29 is 9.00 Å². The minimum absolute atomic E-state index is 0.0863. The molecular weight excluding hydrogens is 248 g/mol. The van der Waals surface area contributed by atoms with Crippen LogP contribution >= 0.6 is 0 Å². The van der Waals surface area contributed by atoms with Gasteiger partial charge in [0.2, 0.25) is 0 Å². The van der Waals surface area contributed by atoms with Gasteiger partial charge in [-0.1, -0.05) is 0 Å². The quantitative estimate of drug-likeness (QED) is 0.824. The molecule has 0 bridgehead atoms. The van der Waals surface area contributed by atoms with Crippen molar-refractivity contribution in [2.45, 2.75) is 19.9 Å². The lowest BCUT2D eigenvalue weighted by Crippen LogP contribution is -2.36. The van der Waals surface area contributed by atoms with E-state index >= 15 is 0 Å². The molecule has 0 aliphatic rings. The van der Waals surface area contributed by atoms with Crippen LogP contribution in [0.1, 0.15) is 24.2 Å². The summed E-state index contributed by atoms with van der Waals surface area (Å²) in [5.41, 5.74) is 1.61. The summed E-state index contributed by atoms with van der Waals surface area (Å²) in [4.78, 5) is 11.9. The van der Waals surface area contributed by atoms with Crippen LogP contribution in [0.15, 0.2) is 24.3 Å². The molecule has 2 atom stereocenters. The van der Waals surface area contributed by atoms with Crippen LogP contribution in [0.4, 0.5) is 5.69 Å². The van der Waals surface area contributed by atoms with Gasteiger partial charge < -0.3 is 10.6 Å². The molecule has 0 saturated carbocycles. The van der Waals surface area contributed by atoms with Crippen LogP contribution in [0.3, 0.4) is 0 Å². The first kappa shape index (κ1) is 14.7. The summed E-state index contributed by atoms with van der Waals surface area (Å²) in [5.74, 6) is 0.345. The predicted octanol–water partition coefficient (Wildman–Crippen LogP) is 1.62. The normalized spacial score (nSPS) is 13.7. The molecule has 1 aromatic rings. The fourth-order valence-corrected chi connectivity index (χ4v) is 2.43. The summed E-state index contributed by atoms with van der Waals surface area (Å²) >= 11 is 0. The fraction of sp³-hybridized carbons (Fsp3) is 0.462. The van der Waals surface area contributed by atoms with Gasteiger partial charge >= 0.3 is 0 Å². The Labute approximate surface area is 111 Å². The molecule has 0 aliphatic heterocycles. The Hall–Kier alpha value is -1.36. The summed E-state index contributed by atoms with van der Waals surface area (Å²) in [6.45, 7) is 4.73. The van der Waals surface area contributed by atoms with E-state index in [0.717, 1.165) is 12.2 Å². The number of anilines is 1. The molecule has 2 N–H and O–H groups in total. The molecule has 5 heteroatoms. The molecule has 0 radical (unpaired) electrons. The van der Waals surface area contributed by atoms with Crippen LogP contribution < -0.4 is 10.6 Å². The van der Waals surface area contributed by atoms with Crippen molar-refractivity contribution in [1.29, 1.82) is 0 Å². The number of carbonyl (C=O) groups excluding carboxylic acids is 1. The number of carbonyl (C=O) groups is 1. The second kappa shape index (κ2) is 7.16. The van der Waals surface area contributed by atoms with Gasteiger partial charge in [0.15, 0.2) is 0 Å². The third kappa shape index (κ3) is 4.87. The molecule has 4 nitrogen and oxygen atoms in total. The molecule has 0 heterocycles. The highest BCUT2D eigenvalue weighted by Gasteiger charge is 2.10. The van der Waals surface area contributed by atoms with E-state index in [9.17, 15) is 9.00 Å². The average Bonchev–Trinajstić information content (AvgIpc) is 2.29. The summed E-state index contributed by atoms with van der Waals surface area (Å²) in [7, 11) is -0.900. The Balaban J connectivity index is 2.58. The van der Waals surface area contributed by atoms with Gasteiger partial charge in [-0.05, 0) is 38.1 Å². The number of rotatable bonds is 6. The smallest absolute Gasteiger partial charge is 0.251 e. The Kier molecular flexibility index (Phi) is 5.85. The number of hydrogen-bond acceptors (Lipinski definition) is 3. The average molecular weight is 268 g/mol. The first-order valence-corrected chi connectivity index (χ1v) is 7.70. The summed E-state index contributed by atoms with van der Waals surface area (Å²) in [5, 5.41) is 6.00. The van der Waals surface area contributed by atoms with Gasteiger partial charge in [0, 0.05) is 46.6 Å². The summed E-state index contributed by atoms with van der Waals surface area (Å²) < 4.78 is 11.0. The molecular formula is C13H20N2O2S. The first-order chi connectivity index (χ1) is 8.52. The topological polar surface area (TPSA) is 58.2 Å². The molecule has 0 spiro atoms. The van der Waals surface area contributed by atoms with Crippen molar-refractivity contribution in [3.63, 3.8) is 0 Å². The Bertz CT molecular complexity index is 418. The number of nitrogens with one attached hydrogen (secondary N) is 2. The first-order valence-electron chi connectivity index (χ1n) is 5.97. The lowest BCUT2D eigenvalue weighted by Gasteiger charge is -2.12. The van der Waals surface area contributed by atoms with E-state index in [4.69, 9.17) is 0 Å². The van der Waals surface area contributed by atoms with Crippen molar-refractivity contribution in [1.82, 2.24) is 5.32 Å².